The van der Waals surface area contributed by atoms with E-state index < -0.39 is 23.1 Å². The molecule has 10 heteroatoms. The zero-order chi connectivity index (χ0) is 22.9. The van der Waals surface area contributed by atoms with Crippen LogP contribution < -0.4 is 10.1 Å². The van der Waals surface area contributed by atoms with E-state index in [0.29, 0.717) is 17.0 Å². The minimum Gasteiger partial charge on any atom is -0.490 e. The zero-order valence-corrected chi connectivity index (χ0v) is 17.9. The molecule has 33 heavy (non-hydrogen) atoms. The Kier molecular flexibility index (Phi) is 5.51. The second-order valence-corrected chi connectivity index (χ2v) is 8.08. The van der Waals surface area contributed by atoms with Crippen LogP contribution in [0.2, 0.25) is 0 Å². The van der Waals surface area contributed by atoms with Gasteiger partial charge in [0, 0.05) is 25.4 Å². The van der Waals surface area contributed by atoms with Crippen LogP contribution in [0.3, 0.4) is 0 Å². The zero-order valence-electron chi connectivity index (χ0n) is 17.9. The van der Waals surface area contributed by atoms with Gasteiger partial charge in [0.15, 0.2) is 11.5 Å². The molecule has 1 aliphatic heterocycles. The Hall–Kier alpha value is -3.79. The van der Waals surface area contributed by atoms with Crippen LogP contribution in [0.4, 0.5) is 14.5 Å². The molecule has 8 nitrogen and oxygen atoms in total. The molecule has 2 aromatic carbocycles. The fourth-order valence-electron chi connectivity index (χ4n) is 3.93. The molecule has 1 amide bonds. The second kappa shape index (κ2) is 8.62. The van der Waals surface area contributed by atoms with Gasteiger partial charge in [0.2, 0.25) is 0 Å². The van der Waals surface area contributed by atoms with Gasteiger partial charge in [-0.25, -0.2) is 13.8 Å². The number of ether oxygens (including phenoxy) is 1. The van der Waals surface area contributed by atoms with E-state index in [2.05, 4.69) is 37.4 Å². The Balaban J connectivity index is 1.37. The molecule has 0 spiro atoms. The predicted molar refractivity (Wildman–Crippen MR) is 119 cm³/mol. The van der Waals surface area contributed by atoms with Crippen molar-refractivity contribution in [2.24, 2.45) is 0 Å². The average Bonchev–Trinajstić information content (AvgIpc) is 3.41. The van der Waals surface area contributed by atoms with E-state index in [-0.39, 0.29) is 11.8 Å². The molecule has 0 radical (unpaired) electrons. The predicted octanol–water partition coefficient (Wildman–Crippen LogP) is 3.96. The molecule has 2 aromatic heterocycles. The van der Waals surface area contributed by atoms with Gasteiger partial charge in [-0.05, 0) is 44.2 Å². The number of halogens is 2. The molecule has 5 rings (SSSR count). The highest BCUT2D eigenvalue weighted by atomic mass is 19.1. The minimum atomic E-state index is -0.946. The lowest BCUT2D eigenvalue weighted by atomic mass is 10.1. The molecule has 170 valence electrons. The average molecular weight is 452 g/mol. The molecule has 1 fully saturated rings. The monoisotopic (exact) mass is 452 g/mol. The van der Waals surface area contributed by atoms with Gasteiger partial charge in [-0.3, -0.25) is 9.89 Å². The first kappa shape index (κ1) is 21.1. The molecule has 1 aliphatic rings. The highest BCUT2D eigenvalue weighted by Gasteiger charge is 2.21. The van der Waals surface area contributed by atoms with Gasteiger partial charge >= 0.3 is 0 Å². The number of carbonyl (C=O) groups excluding carboxylic acids is 1. The fourth-order valence-corrected chi connectivity index (χ4v) is 3.93. The Morgan fingerprint density at radius 3 is 2.70 bits per heavy atom. The van der Waals surface area contributed by atoms with Crippen LogP contribution in [0.5, 0.6) is 5.75 Å². The number of aromatic nitrogens is 4. The van der Waals surface area contributed by atoms with Crippen LogP contribution in [-0.2, 0) is 0 Å². The SMILES string of the molecule is CN1CCC(Oc2ccc3[nH]c(-c4n[nH]cc4NC(=O)c4c(F)cccc4F)nc3c2)CC1. The van der Waals surface area contributed by atoms with Crippen LogP contribution in [0.15, 0.2) is 42.6 Å². The highest BCUT2D eigenvalue weighted by Crippen LogP contribution is 2.28. The number of rotatable bonds is 5. The van der Waals surface area contributed by atoms with Crippen molar-refractivity contribution in [3.63, 3.8) is 0 Å². The number of likely N-dealkylation sites (tertiary alicyclic amines) is 1. The molecule has 0 aliphatic carbocycles. The summed E-state index contributed by atoms with van der Waals surface area (Å²) in [7, 11) is 2.10. The van der Waals surface area contributed by atoms with Crippen LogP contribution in [0.25, 0.3) is 22.6 Å². The Labute approximate surface area is 188 Å². The normalized spacial score (nSPS) is 15.1. The van der Waals surface area contributed by atoms with Crippen molar-refractivity contribution < 1.29 is 18.3 Å². The van der Waals surface area contributed by atoms with E-state index in [1.54, 1.807) is 0 Å². The summed E-state index contributed by atoms with van der Waals surface area (Å²) in [6, 6.07) is 8.86. The molecule has 0 atom stereocenters. The number of nitrogens with one attached hydrogen (secondary N) is 3. The molecule has 0 saturated carbocycles. The van der Waals surface area contributed by atoms with E-state index in [4.69, 9.17) is 4.74 Å². The quantitative estimate of drug-likeness (QED) is 0.426. The van der Waals surface area contributed by atoms with Gasteiger partial charge in [0.25, 0.3) is 5.91 Å². The van der Waals surface area contributed by atoms with Crippen LogP contribution in [0, 0.1) is 11.6 Å². The summed E-state index contributed by atoms with van der Waals surface area (Å²) in [4.78, 5) is 22.5. The number of benzene rings is 2. The van der Waals surface area contributed by atoms with Crippen molar-refractivity contribution in [3.05, 3.63) is 59.8 Å². The van der Waals surface area contributed by atoms with Crippen molar-refractivity contribution in [2.75, 3.05) is 25.5 Å². The summed E-state index contributed by atoms with van der Waals surface area (Å²) in [5.41, 5.74) is 1.33. The maximum Gasteiger partial charge on any atom is 0.261 e. The Morgan fingerprint density at radius 2 is 1.94 bits per heavy atom. The molecule has 1 saturated heterocycles. The number of imidazole rings is 1. The molecule has 4 aromatic rings. The summed E-state index contributed by atoms with van der Waals surface area (Å²) >= 11 is 0. The smallest absolute Gasteiger partial charge is 0.261 e. The molecule has 0 bridgehead atoms. The van der Waals surface area contributed by atoms with Gasteiger partial charge in [0.1, 0.15) is 29.1 Å². The number of amides is 1. The van der Waals surface area contributed by atoms with E-state index in [9.17, 15) is 13.6 Å². The first-order valence-corrected chi connectivity index (χ1v) is 10.6. The summed E-state index contributed by atoms with van der Waals surface area (Å²) in [5, 5.41) is 9.29. The summed E-state index contributed by atoms with van der Waals surface area (Å²) in [5.74, 6) is -1.68. The molecule has 0 unspecified atom stereocenters. The maximum absolute atomic E-state index is 14.0. The van der Waals surface area contributed by atoms with Gasteiger partial charge in [0.05, 0.1) is 16.7 Å². The van der Waals surface area contributed by atoms with Crippen LogP contribution in [0.1, 0.15) is 23.2 Å². The number of anilines is 1. The van der Waals surface area contributed by atoms with Crippen LogP contribution >= 0.6 is 0 Å². The van der Waals surface area contributed by atoms with Gasteiger partial charge < -0.3 is 19.9 Å². The Morgan fingerprint density at radius 1 is 1.18 bits per heavy atom. The van der Waals surface area contributed by atoms with E-state index in [0.717, 1.165) is 49.3 Å². The number of hydrogen-bond donors (Lipinski definition) is 3. The highest BCUT2D eigenvalue weighted by molar-refractivity contribution is 6.06. The number of piperidine rings is 1. The molecule has 3 heterocycles. The number of carbonyl (C=O) groups is 1. The second-order valence-electron chi connectivity index (χ2n) is 8.08. The van der Waals surface area contributed by atoms with E-state index >= 15 is 0 Å². The van der Waals surface area contributed by atoms with Gasteiger partial charge in [-0.1, -0.05) is 6.07 Å². The summed E-state index contributed by atoms with van der Waals surface area (Å²) in [6.45, 7) is 2.01. The summed E-state index contributed by atoms with van der Waals surface area (Å²) in [6.07, 6.45) is 3.54. The minimum absolute atomic E-state index is 0.170. The molecular weight excluding hydrogens is 430 g/mol. The Bertz CT molecular complexity index is 1290. The van der Waals surface area contributed by atoms with Crippen molar-refractivity contribution in [3.8, 4) is 17.3 Å². The number of aromatic amines is 2. The lowest BCUT2D eigenvalue weighted by Gasteiger charge is -2.29. The van der Waals surface area contributed by atoms with Crippen molar-refractivity contribution >= 4 is 22.6 Å². The lowest BCUT2D eigenvalue weighted by molar-refractivity contribution is 0.101. The summed E-state index contributed by atoms with van der Waals surface area (Å²) < 4.78 is 34.1. The largest absolute Gasteiger partial charge is 0.490 e. The standard InChI is InChI=1S/C23H22F2N6O2/c1-31-9-7-13(8-10-31)33-14-5-6-17-18(11-14)28-22(27-17)21-19(12-26-30-21)29-23(32)20-15(24)3-2-4-16(20)25/h2-6,11-13H,7-10H2,1H3,(H,26,30)(H,27,28)(H,29,32). The maximum atomic E-state index is 14.0. The third-order valence-electron chi connectivity index (χ3n) is 5.73. The van der Waals surface area contributed by atoms with E-state index in [1.807, 2.05) is 18.2 Å². The number of nitrogens with zero attached hydrogens (tertiary/aromatic N) is 3. The van der Waals surface area contributed by atoms with Crippen LogP contribution in [-0.4, -0.2) is 57.2 Å². The topological polar surface area (TPSA) is 98.9 Å². The molecular formula is C23H22F2N6O2. The lowest BCUT2D eigenvalue weighted by Crippen LogP contribution is -2.35. The first-order valence-electron chi connectivity index (χ1n) is 10.6. The van der Waals surface area contributed by atoms with Crippen molar-refractivity contribution in [2.45, 2.75) is 18.9 Å². The van der Waals surface area contributed by atoms with Crippen molar-refractivity contribution in [1.29, 1.82) is 0 Å². The third-order valence-corrected chi connectivity index (χ3v) is 5.73. The van der Waals surface area contributed by atoms with Gasteiger partial charge in [-0.15, -0.1) is 0 Å². The number of H-pyrrole nitrogens is 2. The fraction of sp³-hybridized carbons (Fsp3) is 0.261. The molecule has 3 N–H and O–H groups in total. The number of hydrogen-bond acceptors (Lipinski definition) is 5. The van der Waals surface area contributed by atoms with E-state index in [1.165, 1.54) is 12.3 Å². The van der Waals surface area contributed by atoms with Crippen molar-refractivity contribution in [1.82, 2.24) is 25.1 Å². The first-order chi connectivity index (χ1) is 16.0. The third kappa shape index (κ3) is 4.29. The number of fused-ring (bicyclic) bond motifs is 1. The van der Waals surface area contributed by atoms with Gasteiger partial charge in [-0.2, -0.15) is 5.10 Å².